The van der Waals surface area contributed by atoms with E-state index in [0.29, 0.717) is 23.2 Å². The zero-order valence-corrected chi connectivity index (χ0v) is 19.9. The predicted molar refractivity (Wildman–Crippen MR) is 126 cm³/mol. The van der Waals surface area contributed by atoms with Crippen molar-refractivity contribution >= 4 is 5.97 Å². The maximum Gasteiger partial charge on any atom is 0.302 e. The molecule has 3 heteroatoms. The summed E-state index contributed by atoms with van der Waals surface area (Å²) in [5.41, 5.74) is 0.327. The van der Waals surface area contributed by atoms with Crippen molar-refractivity contribution in [1.29, 1.82) is 0 Å². The molecule has 32 heavy (non-hydrogen) atoms. The molecule has 4 saturated carbocycles. The molecule has 0 radical (unpaired) electrons. The first kappa shape index (κ1) is 22.0. The van der Waals surface area contributed by atoms with E-state index in [1.807, 2.05) is 30.3 Å². The smallest absolute Gasteiger partial charge is 0.302 e. The van der Waals surface area contributed by atoms with Gasteiger partial charge in [-0.2, -0.15) is 0 Å². The first-order valence-electron chi connectivity index (χ1n) is 12.7. The predicted octanol–water partition coefficient (Wildman–Crippen LogP) is 5.74. The van der Waals surface area contributed by atoms with E-state index in [9.17, 15) is 9.90 Å². The molecule has 0 spiro atoms. The third-order valence-corrected chi connectivity index (χ3v) is 10.3. The van der Waals surface area contributed by atoms with Crippen molar-refractivity contribution in [3.05, 3.63) is 35.9 Å². The van der Waals surface area contributed by atoms with Gasteiger partial charge in [0.2, 0.25) is 0 Å². The number of fused-ring (bicyclic) bond motifs is 5. The van der Waals surface area contributed by atoms with E-state index in [4.69, 9.17) is 4.74 Å². The highest BCUT2D eigenvalue weighted by atomic mass is 16.5. The van der Waals surface area contributed by atoms with Crippen LogP contribution >= 0.6 is 0 Å². The van der Waals surface area contributed by atoms with Crippen molar-refractivity contribution in [1.82, 2.24) is 0 Å². The normalized spacial score (nSPS) is 44.9. The Morgan fingerprint density at radius 1 is 1.00 bits per heavy atom. The monoisotopic (exact) mass is 434 g/mol. The Bertz CT molecular complexity index is 929. The quantitative estimate of drug-likeness (QED) is 0.453. The van der Waals surface area contributed by atoms with Gasteiger partial charge in [0.05, 0.1) is 0 Å². The van der Waals surface area contributed by atoms with E-state index >= 15 is 0 Å². The van der Waals surface area contributed by atoms with E-state index in [2.05, 4.69) is 25.7 Å². The number of carbonyl (C=O) groups is 1. The summed E-state index contributed by atoms with van der Waals surface area (Å²) >= 11 is 0. The number of rotatable bonds is 1. The molecule has 0 aliphatic heterocycles. The van der Waals surface area contributed by atoms with E-state index < -0.39 is 5.60 Å². The highest BCUT2D eigenvalue weighted by Gasteiger charge is 2.64. The molecule has 1 aromatic carbocycles. The molecule has 3 nitrogen and oxygen atoms in total. The van der Waals surface area contributed by atoms with Gasteiger partial charge < -0.3 is 9.84 Å². The highest BCUT2D eigenvalue weighted by molar-refractivity contribution is 5.66. The van der Waals surface area contributed by atoms with Crippen molar-refractivity contribution in [2.75, 3.05) is 0 Å². The molecule has 4 aliphatic carbocycles. The standard InChI is InChI=1S/C29H38O3/c1-20(30)32-23-12-15-27(2)22(19-23)9-10-24-25(27)13-16-28(3)26(24)14-18-29(28,31)17-11-21-7-5-4-6-8-21/h4-8,22-26,31H,9-10,12-16,18-19H2,1-3H3/t22-,23+,24-,25+,26-,27+,28-,29+/m1/s1. The summed E-state index contributed by atoms with van der Waals surface area (Å²) < 4.78 is 5.61. The maximum atomic E-state index is 11.8. The third-order valence-electron chi connectivity index (χ3n) is 10.3. The van der Waals surface area contributed by atoms with Crippen LogP contribution in [-0.2, 0) is 9.53 Å². The molecular formula is C29H38O3. The zero-order valence-electron chi connectivity index (χ0n) is 19.9. The number of hydrogen-bond donors (Lipinski definition) is 1. The van der Waals surface area contributed by atoms with Crippen LogP contribution in [0.4, 0.5) is 0 Å². The molecule has 0 amide bonds. The molecule has 4 aliphatic rings. The van der Waals surface area contributed by atoms with E-state index in [0.717, 1.165) is 50.0 Å². The molecular weight excluding hydrogens is 396 g/mol. The first-order chi connectivity index (χ1) is 15.3. The van der Waals surface area contributed by atoms with Gasteiger partial charge in [-0.3, -0.25) is 4.79 Å². The summed E-state index contributed by atoms with van der Waals surface area (Å²) in [7, 11) is 0. The fraction of sp³-hybridized carbons (Fsp3) is 0.690. The van der Waals surface area contributed by atoms with E-state index in [-0.39, 0.29) is 17.5 Å². The summed E-state index contributed by atoms with van der Waals surface area (Å²) in [4.78, 5) is 11.5. The van der Waals surface area contributed by atoms with Crippen molar-refractivity contribution in [2.24, 2.45) is 34.5 Å². The Kier molecular flexibility index (Phi) is 5.44. The SMILES string of the molecule is CC(=O)O[C@H]1CC[C@@]2(C)[C@H](CC[C@H]3[C@H]4CC[C@@](O)(C#Cc5ccccc5)[C@]4(C)CC[C@@H]32)C1. The van der Waals surface area contributed by atoms with Crippen molar-refractivity contribution in [3.63, 3.8) is 0 Å². The average molecular weight is 435 g/mol. The van der Waals surface area contributed by atoms with Gasteiger partial charge in [-0.05, 0) is 99.0 Å². The molecule has 5 rings (SSSR count). The molecule has 172 valence electrons. The number of benzene rings is 1. The minimum absolute atomic E-state index is 0.112. The summed E-state index contributed by atoms with van der Waals surface area (Å²) in [5.74, 6) is 9.13. The van der Waals surface area contributed by atoms with E-state index in [1.165, 1.54) is 26.2 Å². The fourth-order valence-corrected chi connectivity index (χ4v) is 8.48. The van der Waals surface area contributed by atoms with Crippen LogP contribution in [0, 0.1) is 46.3 Å². The third kappa shape index (κ3) is 3.41. The lowest BCUT2D eigenvalue weighted by Gasteiger charge is -2.61. The van der Waals surface area contributed by atoms with Gasteiger partial charge in [-0.25, -0.2) is 0 Å². The lowest BCUT2D eigenvalue weighted by atomic mass is 9.44. The molecule has 0 bridgehead atoms. The molecule has 0 heterocycles. The van der Waals surface area contributed by atoms with Crippen LogP contribution in [0.5, 0.6) is 0 Å². The van der Waals surface area contributed by atoms with Crippen LogP contribution in [0.25, 0.3) is 0 Å². The van der Waals surface area contributed by atoms with Gasteiger partial charge in [-0.15, -0.1) is 0 Å². The Labute approximate surface area is 193 Å². The lowest BCUT2D eigenvalue weighted by molar-refractivity contribution is -0.163. The maximum absolute atomic E-state index is 11.8. The second-order valence-corrected chi connectivity index (χ2v) is 11.6. The van der Waals surface area contributed by atoms with Crippen molar-refractivity contribution in [3.8, 4) is 11.8 Å². The summed E-state index contributed by atoms with van der Waals surface area (Å²) in [5, 5.41) is 11.8. The van der Waals surface area contributed by atoms with Crippen molar-refractivity contribution < 1.29 is 14.6 Å². The van der Waals surface area contributed by atoms with Crippen LogP contribution < -0.4 is 0 Å². The number of aliphatic hydroxyl groups is 1. The molecule has 0 saturated heterocycles. The van der Waals surface area contributed by atoms with Gasteiger partial charge in [0, 0.05) is 17.9 Å². The Hall–Kier alpha value is -1.79. The van der Waals surface area contributed by atoms with Crippen LogP contribution in [0.1, 0.15) is 84.1 Å². The Morgan fingerprint density at radius 2 is 1.75 bits per heavy atom. The number of carbonyl (C=O) groups excluding carboxylic acids is 1. The van der Waals surface area contributed by atoms with Crippen LogP contribution in [0.15, 0.2) is 30.3 Å². The minimum Gasteiger partial charge on any atom is -0.463 e. The molecule has 8 atom stereocenters. The number of esters is 1. The van der Waals surface area contributed by atoms with Crippen LogP contribution in [0.2, 0.25) is 0 Å². The van der Waals surface area contributed by atoms with Gasteiger partial charge in [-0.1, -0.05) is 43.9 Å². The summed E-state index contributed by atoms with van der Waals surface area (Å²) in [6.45, 7) is 6.39. The number of ether oxygens (including phenoxy) is 1. The Balaban J connectivity index is 1.36. The summed E-state index contributed by atoms with van der Waals surface area (Å²) in [6, 6.07) is 10.1. The highest BCUT2D eigenvalue weighted by Crippen LogP contribution is 2.68. The molecule has 1 N–H and O–H groups in total. The molecule has 0 aromatic heterocycles. The molecule has 0 unspecified atom stereocenters. The zero-order chi connectivity index (χ0) is 22.6. The van der Waals surface area contributed by atoms with Crippen LogP contribution in [0.3, 0.4) is 0 Å². The lowest BCUT2D eigenvalue weighted by Crippen LogP contribution is -2.56. The van der Waals surface area contributed by atoms with Gasteiger partial charge in [0.15, 0.2) is 0 Å². The van der Waals surface area contributed by atoms with E-state index in [1.54, 1.807) is 0 Å². The minimum atomic E-state index is -0.886. The van der Waals surface area contributed by atoms with Crippen LogP contribution in [-0.4, -0.2) is 22.8 Å². The number of hydrogen-bond acceptors (Lipinski definition) is 3. The summed E-state index contributed by atoms with van der Waals surface area (Å²) in [6.07, 6.45) is 9.94. The average Bonchev–Trinajstić information content (AvgIpc) is 3.04. The first-order valence-corrected chi connectivity index (χ1v) is 12.7. The van der Waals surface area contributed by atoms with Gasteiger partial charge in [0.25, 0.3) is 0 Å². The van der Waals surface area contributed by atoms with Crippen molar-refractivity contribution in [2.45, 2.75) is 90.3 Å². The topological polar surface area (TPSA) is 46.5 Å². The fourth-order valence-electron chi connectivity index (χ4n) is 8.48. The second kappa shape index (κ2) is 7.91. The van der Waals surface area contributed by atoms with Gasteiger partial charge in [0.1, 0.15) is 11.7 Å². The van der Waals surface area contributed by atoms with Gasteiger partial charge >= 0.3 is 5.97 Å². The Morgan fingerprint density at radius 3 is 2.50 bits per heavy atom. The largest absolute Gasteiger partial charge is 0.463 e. The second-order valence-electron chi connectivity index (χ2n) is 11.6. The molecule has 1 aromatic rings. The molecule has 4 fully saturated rings.